The van der Waals surface area contributed by atoms with E-state index in [1.807, 2.05) is 13.8 Å². The van der Waals surface area contributed by atoms with Crippen LogP contribution in [0.5, 0.6) is 0 Å². The normalized spacial score (nSPS) is 11.0. The topological polar surface area (TPSA) is 87.5 Å². The van der Waals surface area contributed by atoms with E-state index in [1.165, 1.54) is 18.0 Å². The Morgan fingerprint density at radius 1 is 1.39 bits per heavy atom. The number of carbonyl (C=O) groups excluding carboxylic acids is 2. The summed E-state index contributed by atoms with van der Waals surface area (Å²) in [5.74, 6) is -0.783. The molecular formula is C15H18N2O5S. The Morgan fingerprint density at radius 3 is 2.70 bits per heavy atom. The predicted octanol–water partition coefficient (Wildman–Crippen LogP) is 1.75. The van der Waals surface area contributed by atoms with Gasteiger partial charge in [0.25, 0.3) is 5.56 Å². The SMILES string of the molecule is COC(=O)c1sc2ncn(CC(=O)OCC(C)C)c(=O)c2c1C. The van der Waals surface area contributed by atoms with E-state index in [1.54, 1.807) is 6.92 Å². The Morgan fingerprint density at radius 2 is 2.09 bits per heavy atom. The van der Waals surface area contributed by atoms with Crippen LogP contribution in [-0.4, -0.2) is 35.2 Å². The zero-order valence-electron chi connectivity index (χ0n) is 13.4. The standard InChI is InChI=1S/C15H18N2O5S/c1-8(2)6-22-10(18)5-17-7-16-13-11(14(17)19)9(3)12(23-13)15(20)21-4/h7-8H,5-6H2,1-4H3. The van der Waals surface area contributed by atoms with E-state index in [4.69, 9.17) is 9.47 Å². The van der Waals surface area contributed by atoms with Gasteiger partial charge in [-0.25, -0.2) is 9.78 Å². The van der Waals surface area contributed by atoms with Crippen molar-refractivity contribution in [1.29, 1.82) is 0 Å². The molecule has 0 N–H and O–H groups in total. The maximum Gasteiger partial charge on any atom is 0.348 e. The molecule has 0 aliphatic carbocycles. The van der Waals surface area contributed by atoms with Crippen molar-refractivity contribution in [2.24, 2.45) is 5.92 Å². The number of methoxy groups -OCH3 is 1. The van der Waals surface area contributed by atoms with Crippen molar-refractivity contribution in [3.8, 4) is 0 Å². The van der Waals surface area contributed by atoms with Crippen molar-refractivity contribution in [3.05, 3.63) is 27.1 Å². The van der Waals surface area contributed by atoms with Crippen molar-refractivity contribution in [2.45, 2.75) is 27.3 Å². The predicted molar refractivity (Wildman–Crippen MR) is 85.8 cm³/mol. The Labute approximate surface area is 136 Å². The van der Waals surface area contributed by atoms with Crippen LogP contribution in [0.2, 0.25) is 0 Å². The molecule has 7 nitrogen and oxygen atoms in total. The van der Waals surface area contributed by atoms with Gasteiger partial charge in [-0.15, -0.1) is 11.3 Å². The summed E-state index contributed by atoms with van der Waals surface area (Å²) in [5, 5.41) is 0.328. The van der Waals surface area contributed by atoms with Gasteiger partial charge in [-0.3, -0.25) is 14.2 Å². The molecule has 2 rings (SSSR count). The summed E-state index contributed by atoms with van der Waals surface area (Å²) in [5.41, 5.74) is 0.139. The van der Waals surface area contributed by atoms with E-state index in [2.05, 4.69) is 4.98 Å². The molecular weight excluding hydrogens is 320 g/mol. The number of aromatic nitrogens is 2. The van der Waals surface area contributed by atoms with Gasteiger partial charge in [0, 0.05) is 0 Å². The third kappa shape index (κ3) is 3.58. The van der Waals surface area contributed by atoms with Gasteiger partial charge in [0.15, 0.2) is 0 Å². The molecule has 0 bridgehead atoms. The Kier molecular flexibility index (Phi) is 5.15. The lowest BCUT2D eigenvalue weighted by atomic mass is 10.2. The number of ether oxygens (including phenoxy) is 2. The van der Waals surface area contributed by atoms with Crippen LogP contribution in [0.25, 0.3) is 10.2 Å². The number of rotatable bonds is 5. The zero-order valence-corrected chi connectivity index (χ0v) is 14.2. The molecule has 2 heterocycles. The molecule has 8 heteroatoms. The molecule has 0 aliphatic heterocycles. The summed E-state index contributed by atoms with van der Waals surface area (Å²) in [6.45, 7) is 5.60. The number of hydrogen-bond acceptors (Lipinski definition) is 7. The average molecular weight is 338 g/mol. The Hall–Kier alpha value is -2.22. The van der Waals surface area contributed by atoms with E-state index in [0.717, 1.165) is 11.3 Å². The van der Waals surface area contributed by atoms with Gasteiger partial charge in [0.1, 0.15) is 16.3 Å². The number of thiophene rings is 1. The fourth-order valence-electron chi connectivity index (χ4n) is 2.00. The minimum atomic E-state index is -0.507. The monoisotopic (exact) mass is 338 g/mol. The second kappa shape index (κ2) is 6.91. The highest BCUT2D eigenvalue weighted by Gasteiger charge is 2.20. The highest BCUT2D eigenvalue weighted by Crippen LogP contribution is 2.27. The first-order chi connectivity index (χ1) is 10.8. The summed E-state index contributed by atoms with van der Waals surface area (Å²) >= 11 is 1.10. The van der Waals surface area contributed by atoms with Crippen molar-refractivity contribution in [1.82, 2.24) is 9.55 Å². The molecule has 0 aromatic carbocycles. The maximum atomic E-state index is 12.5. The lowest BCUT2D eigenvalue weighted by Crippen LogP contribution is -2.26. The number of fused-ring (bicyclic) bond motifs is 1. The number of hydrogen-bond donors (Lipinski definition) is 0. The Balaban J connectivity index is 2.35. The smallest absolute Gasteiger partial charge is 0.348 e. The van der Waals surface area contributed by atoms with Gasteiger partial charge < -0.3 is 9.47 Å². The van der Waals surface area contributed by atoms with Crippen LogP contribution in [0.3, 0.4) is 0 Å². The lowest BCUT2D eigenvalue weighted by molar-refractivity contribution is -0.145. The van der Waals surface area contributed by atoms with Crippen LogP contribution in [0.4, 0.5) is 0 Å². The van der Waals surface area contributed by atoms with Crippen LogP contribution in [0, 0.1) is 12.8 Å². The summed E-state index contributed by atoms with van der Waals surface area (Å²) in [4.78, 5) is 40.9. The van der Waals surface area contributed by atoms with Crippen LogP contribution in [0.15, 0.2) is 11.1 Å². The van der Waals surface area contributed by atoms with Crippen LogP contribution < -0.4 is 5.56 Å². The van der Waals surface area contributed by atoms with Crippen LogP contribution in [0.1, 0.15) is 29.1 Å². The molecule has 0 atom stereocenters. The Bertz CT molecular complexity index is 806. The first kappa shape index (κ1) is 17.1. The third-order valence-corrected chi connectivity index (χ3v) is 4.35. The van der Waals surface area contributed by atoms with Crippen LogP contribution in [-0.2, 0) is 20.8 Å². The van der Waals surface area contributed by atoms with Crippen molar-refractivity contribution >= 4 is 33.5 Å². The molecule has 2 aromatic heterocycles. The molecule has 2 aromatic rings. The molecule has 0 amide bonds. The maximum absolute atomic E-state index is 12.5. The van der Waals surface area contributed by atoms with Gasteiger partial charge >= 0.3 is 11.9 Å². The average Bonchev–Trinajstić information content (AvgIpc) is 2.85. The van der Waals surface area contributed by atoms with E-state index in [-0.39, 0.29) is 18.0 Å². The van der Waals surface area contributed by atoms with Gasteiger partial charge in [-0.2, -0.15) is 0 Å². The van der Waals surface area contributed by atoms with Crippen molar-refractivity contribution < 1.29 is 19.1 Å². The molecule has 124 valence electrons. The second-order valence-corrected chi connectivity index (χ2v) is 6.48. The fraction of sp³-hybridized carbons (Fsp3) is 0.467. The molecule has 0 saturated carbocycles. The van der Waals surface area contributed by atoms with E-state index in [0.29, 0.717) is 27.3 Å². The first-order valence-electron chi connectivity index (χ1n) is 7.07. The molecule has 0 fully saturated rings. The minimum absolute atomic E-state index is 0.211. The summed E-state index contributed by atoms with van der Waals surface area (Å²) < 4.78 is 11.0. The number of nitrogens with zero attached hydrogens (tertiary/aromatic N) is 2. The zero-order chi connectivity index (χ0) is 17.1. The quantitative estimate of drug-likeness (QED) is 0.772. The number of carbonyl (C=O) groups is 2. The van der Waals surface area contributed by atoms with E-state index < -0.39 is 11.9 Å². The fourth-order valence-corrected chi connectivity index (χ4v) is 3.06. The second-order valence-electron chi connectivity index (χ2n) is 5.48. The molecule has 0 saturated heterocycles. The number of esters is 2. The van der Waals surface area contributed by atoms with Gasteiger partial charge in [-0.1, -0.05) is 13.8 Å². The summed E-state index contributed by atoms with van der Waals surface area (Å²) in [7, 11) is 1.28. The van der Waals surface area contributed by atoms with Gasteiger partial charge in [0.05, 0.1) is 25.4 Å². The third-order valence-electron chi connectivity index (χ3n) is 3.17. The highest BCUT2D eigenvalue weighted by atomic mass is 32.1. The van der Waals surface area contributed by atoms with Crippen LogP contribution >= 0.6 is 11.3 Å². The molecule has 0 unspecified atom stereocenters. The van der Waals surface area contributed by atoms with Crippen molar-refractivity contribution in [3.63, 3.8) is 0 Å². The van der Waals surface area contributed by atoms with Gasteiger partial charge in [-0.05, 0) is 18.4 Å². The number of aryl methyl sites for hydroxylation is 1. The van der Waals surface area contributed by atoms with Gasteiger partial charge in [0.2, 0.25) is 0 Å². The highest BCUT2D eigenvalue weighted by molar-refractivity contribution is 7.20. The van der Waals surface area contributed by atoms with E-state index in [9.17, 15) is 14.4 Å². The van der Waals surface area contributed by atoms with Crippen molar-refractivity contribution in [2.75, 3.05) is 13.7 Å². The first-order valence-corrected chi connectivity index (χ1v) is 7.89. The molecule has 23 heavy (non-hydrogen) atoms. The summed E-state index contributed by atoms with van der Waals surface area (Å²) in [6, 6.07) is 0. The van der Waals surface area contributed by atoms with E-state index >= 15 is 0 Å². The largest absolute Gasteiger partial charge is 0.465 e. The molecule has 0 aliphatic rings. The molecule has 0 spiro atoms. The lowest BCUT2D eigenvalue weighted by Gasteiger charge is -2.08. The summed E-state index contributed by atoms with van der Waals surface area (Å²) in [6.07, 6.45) is 1.29. The molecule has 0 radical (unpaired) electrons. The minimum Gasteiger partial charge on any atom is -0.465 e.